The molecule has 3 aliphatic rings. The van der Waals surface area contributed by atoms with E-state index in [1.807, 2.05) is 0 Å². The van der Waals surface area contributed by atoms with Gasteiger partial charge in [0.25, 0.3) is 0 Å². The Bertz CT molecular complexity index is 1070. The number of hydrogen-bond acceptors (Lipinski definition) is 2. The van der Waals surface area contributed by atoms with Gasteiger partial charge in [0.1, 0.15) is 5.78 Å². The zero-order chi connectivity index (χ0) is 34.8. The molecule has 0 spiro atoms. The molecule has 0 aromatic rings. The normalized spacial score (nSPS) is 27.3. The second kappa shape index (κ2) is 22.2. The third kappa shape index (κ3) is 13.9. The van der Waals surface area contributed by atoms with Crippen LogP contribution in [0.15, 0.2) is 59.8 Å². The van der Waals surface area contributed by atoms with Crippen LogP contribution in [0.25, 0.3) is 0 Å². The first-order valence-corrected chi connectivity index (χ1v) is 20.7. The van der Waals surface area contributed by atoms with Gasteiger partial charge in [-0.15, -0.1) is 0 Å². The van der Waals surface area contributed by atoms with E-state index in [1.165, 1.54) is 120 Å². The number of carbonyl (C=O) groups excluding carboxylic acids is 1. The number of rotatable bonds is 22. The van der Waals surface area contributed by atoms with E-state index in [-0.39, 0.29) is 5.92 Å². The number of ketones is 1. The molecule has 0 N–H and O–H groups in total. The summed E-state index contributed by atoms with van der Waals surface area (Å²) in [5, 5.41) is 0. The molecule has 3 fully saturated rings. The molecule has 3 saturated carbocycles. The number of unbranched alkanes of at least 4 members (excludes halogenated alkanes) is 7. The van der Waals surface area contributed by atoms with E-state index in [2.05, 4.69) is 89.7 Å². The van der Waals surface area contributed by atoms with Crippen molar-refractivity contribution >= 4 is 5.78 Å². The summed E-state index contributed by atoms with van der Waals surface area (Å²) in [4.78, 5) is 15.5. The van der Waals surface area contributed by atoms with Crippen molar-refractivity contribution in [3.63, 3.8) is 0 Å². The van der Waals surface area contributed by atoms with Gasteiger partial charge in [-0.1, -0.05) is 120 Å². The quantitative estimate of drug-likeness (QED) is 0.0851. The van der Waals surface area contributed by atoms with Crippen molar-refractivity contribution < 1.29 is 4.79 Å². The number of hydrogen-bond donors (Lipinski definition) is 0. The van der Waals surface area contributed by atoms with Gasteiger partial charge in [0.15, 0.2) is 0 Å². The van der Waals surface area contributed by atoms with Gasteiger partial charge in [-0.05, 0) is 152 Å². The minimum atomic E-state index is 0.202. The summed E-state index contributed by atoms with van der Waals surface area (Å²) in [5.74, 6) is 3.99. The Morgan fingerprint density at radius 2 is 1.56 bits per heavy atom. The van der Waals surface area contributed by atoms with Gasteiger partial charge < -0.3 is 4.90 Å². The largest absolute Gasteiger partial charge is 0.309 e. The Morgan fingerprint density at radius 1 is 0.854 bits per heavy atom. The lowest BCUT2D eigenvalue weighted by molar-refractivity contribution is -0.123. The summed E-state index contributed by atoms with van der Waals surface area (Å²) < 4.78 is 0. The molecule has 0 bridgehead atoms. The van der Waals surface area contributed by atoms with Crippen LogP contribution in [0.5, 0.6) is 0 Å². The highest BCUT2D eigenvalue weighted by molar-refractivity contribution is 5.81. The topological polar surface area (TPSA) is 20.3 Å². The van der Waals surface area contributed by atoms with Crippen molar-refractivity contribution in [1.29, 1.82) is 0 Å². The summed E-state index contributed by atoms with van der Waals surface area (Å²) in [5.41, 5.74) is 4.80. The van der Waals surface area contributed by atoms with Crippen molar-refractivity contribution in [3.8, 4) is 0 Å². The molecule has 0 amide bonds. The fourth-order valence-corrected chi connectivity index (χ4v) is 9.45. The van der Waals surface area contributed by atoms with Gasteiger partial charge in [0.2, 0.25) is 0 Å². The fraction of sp³-hybridized carbons (Fsp3) is 0.761. The highest BCUT2D eigenvalue weighted by Crippen LogP contribution is 2.60. The second-order valence-electron chi connectivity index (χ2n) is 17.1. The van der Waals surface area contributed by atoms with E-state index in [0.29, 0.717) is 11.2 Å². The van der Waals surface area contributed by atoms with Crippen LogP contribution in [-0.2, 0) is 4.79 Å². The molecular formula is C46H77NO. The lowest BCUT2D eigenvalue weighted by Crippen LogP contribution is -2.36. The maximum Gasteiger partial charge on any atom is 0.136 e. The van der Waals surface area contributed by atoms with Crippen molar-refractivity contribution in [1.82, 2.24) is 4.90 Å². The van der Waals surface area contributed by atoms with E-state index in [4.69, 9.17) is 0 Å². The number of Topliss-reactive ketones (excluding diaryl/α,β-unsaturated/α-hetero) is 1. The SMILES string of the molecule is C=C1CC[C@H](C(=O)CCCCCC/C=C\C/C=C\CCCCCN(C)C)C/C1=C\C=C1/CCC[C@@]2(C)C1CC[C@@H]2[C@H](C)CCCC(C)C. The zero-order valence-corrected chi connectivity index (χ0v) is 32.7. The fourth-order valence-electron chi connectivity index (χ4n) is 9.45. The summed E-state index contributed by atoms with van der Waals surface area (Å²) >= 11 is 0. The first kappa shape index (κ1) is 40.8. The number of fused-ring (bicyclic) bond motifs is 1. The van der Waals surface area contributed by atoms with Crippen LogP contribution in [0.4, 0.5) is 0 Å². The summed E-state index contributed by atoms with van der Waals surface area (Å²) in [6.07, 6.45) is 40.9. The maximum absolute atomic E-state index is 13.2. The van der Waals surface area contributed by atoms with E-state index in [0.717, 1.165) is 62.2 Å². The van der Waals surface area contributed by atoms with Crippen molar-refractivity contribution in [2.24, 2.45) is 35.0 Å². The van der Waals surface area contributed by atoms with Crippen LogP contribution in [-0.4, -0.2) is 31.3 Å². The van der Waals surface area contributed by atoms with Crippen molar-refractivity contribution in [2.45, 2.75) is 169 Å². The monoisotopic (exact) mass is 660 g/mol. The van der Waals surface area contributed by atoms with Gasteiger partial charge in [-0.3, -0.25) is 4.79 Å². The van der Waals surface area contributed by atoms with Crippen LogP contribution in [0.3, 0.4) is 0 Å². The lowest BCUT2D eigenvalue weighted by atomic mass is 9.60. The third-order valence-corrected chi connectivity index (χ3v) is 12.5. The third-order valence-electron chi connectivity index (χ3n) is 12.5. The Kier molecular flexibility index (Phi) is 18.9. The first-order chi connectivity index (χ1) is 23.1. The molecule has 0 aromatic heterocycles. The van der Waals surface area contributed by atoms with Gasteiger partial charge >= 0.3 is 0 Å². The zero-order valence-electron chi connectivity index (χ0n) is 32.7. The second-order valence-corrected chi connectivity index (χ2v) is 17.1. The predicted molar refractivity (Wildman–Crippen MR) is 211 cm³/mol. The number of carbonyl (C=O) groups is 1. The van der Waals surface area contributed by atoms with Crippen LogP contribution in [0, 0.1) is 35.0 Å². The Morgan fingerprint density at radius 3 is 2.27 bits per heavy atom. The Hall–Kier alpha value is -1.67. The lowest BCUT2D eigenvalue weighted by Gasteiger charge is -2.44. The molecular weight excluding hydrogens is 583 g/mol. The number of nitrogens with zero attached hydrogens (tertiary/aromatic N) is 1. The molecule has 48 heavy (non-hydrogen) atoms. The van der Waals surface area contributed by atoms with Gasteiger partial charge in [0, 0.05) is 12.3 Å². The van der Waals surface area contributed by atoms with E-state index < -0.39 is 0 Å². The average molecular weight is 660 g/mol. The molecule has 272 valence electrons. The molecule has 0 aromatic carbocycles. The molecule has 0 radical (unpaired) electrons. The molecule has 0 saturated heterocycles. The smallest absolute Gasteiger partial charge is 0.136 e. The average Bonchev–Trinajstić information content (AvgIpc) is 3.41. The van der Waals surface area contributed by atoms with Crippen LogP contribution in [0.2, 0.25) is 0 Å². The van der Waals surface area contributed by atoms with E-state index >= 15 is 0 Å². The highest BCUT2D eigenvalue weighted by Gasteiger charge is 2.50. The minimum Gasteiger partial charge on any atom is -0.309 e. The molecule has 0 heterocycles. The summed E-state index contributed by atoms with van der Waals surface area (Å²) in [6, 6.07) is 0. The molecule has 2 nitrogen and oxygen atoms in total. The Labute approximate surface area is 299 Å². The molecule has 3 aliphatic carbocycles. The predicted octanol–water partition coefficient (Wildman–Crippen LogP) is 13.4. The van der Waals surface area contributed by atoms with E-state index in [1.54, 1.807) is 5.57 Å². The van der Waals surface area contributed by atoms with Crippen LogP contribution in [0.1, 0.15) is 169 Å². The van der Waals surface area contributed by atoms with Crippen LogP contribution < -0.4 is 0 Å². The molecule has 5 atom stereocenters. The van der Waals surface area contributed by atoms with Gasteiger partial charge in [-0.25, -0.2) is 0 Å². The molecule has 1 unspecified atom stereocenters. The van der Waals surface area contributed by atoms with Gasteiger partial charge in [0.05, 0.1) is 0 Å². The van der Waals surface area contributed by atoms with Crippen LogP contribution >= 0.6 is 0 Å². The van der Waals surface area contributed by atoms with Gasteiger partial charge in [-0.2, -0.15) is 0 Å². The maximum atomic E-state index is 13.2. The molecule has 0 aliphatic heterocycles. The highest BCUT2D eigenvalue weighted by atomic mass is 16.1. The molecule has 3 rings (SSSR count). The van der Waals surface area contributed by atoms with Crippen molar-refractivity contribution in [3.05, 3.63) is 59.8 Å². The summed E-state index contributed by atoms with van der Waals surface area (Å²) in [7, 11) is 4.30. The minimum absolute atomic E-state index is 0.202. The summed E-state index contributed by atoms with van der Waals surface area (Å²) in [6.45, 7) is 15.6. The molecule has 2 heteroatoms. The number of allylic oxidation sites excluding steroid dienone is 9. The van der Waals surface area contributed by atoms with E-state index in [9.17, 15) is 4.79 Å². The Balaban J connectivity index is 1.34. The van der Waals surface area contributed by atoms with Crippen molar-refractivity contribution in [2.75, 3.05) is 20.6 Å². The first-order valence-electron chi connectivity index (χ1n) is 20.7. The standard InChI is InChI=1S/C46H77NO/c1-37(2)24-22-25-39(4)43-32-33-44-40(26-23-34-46(43,44)5)30-31-41-36-42(29-28-38(41)3)45(48)27-20-18-16-14-12-10-8-9-11-13-15-17-19-21-35-47(6)7/h8,10-11,13,30-31,37,39,42-44H,3,9,12,14-29,32-36H2,1-2,4-7H3/b10-8-,13-11-,40-30+,41-31+/t39-,42+,43-,44?,46-/m1/s1.